The highest BCUT2D eigenvalue weighted by Gasteiger charge is 2.21. The molecule has 2 aromatic heterocycles. The van der Waals surface area contributed by atoms with Crippen molar-refractivity contribution in [1.29, 1.82) is 0 Å². The summed E-state index contributed by atoms with van der Waals surface area (Å²) in [5.41, 5.74) is 3.95. The van der Waals surface area contributed by atoms with Crippen molar-refractivity contribution >= 4 is 17.5 Å². The second-order valence-corrected chi connectivity index (χ2v) is 7.12. The Morgan fingerprint density at radius 3 is 2.38 bits per heavy atom. The van der Waals surface area contributed by atoms with Crippen molar-refractivity contribution in [3.63, 3.8) is 0 Å². The van der Waals surface area contributed by atoms with Crippen LogP contribution in [0.15, 0.2) is 85.2 Å². The van der Waals surface area contributed by atoms with E-state index in [-0.39, 0.29) is 5.91 Å². The van der Waals surface area contributed by atoms with Crippen LogP contribution in [0, 0.1) is 0 Å². The molecule has 0 fully saturated rings. The zero-order valence-electron chi connectivity index (χ0n) is 15.9. The number of hydrogen-bond donors (Lipinski definition) is 0. The lowest BCUT2D eigenvalue weighted by atomic mass is 10.1. The molecular weight excluding hydrogens is 384 g/mol. The Morgan fingerprint density at radius 1 is 1.00 bits per heavy atom. The molecule has 6 heteroatoms. The fourth-order valence-corrected chi connectivity index (χ4v) is 3.22. The molecule has 0 saturated heterocycles. The molecule has 5 nitrogen and oxygen atoms in total. The van der Waals surface area contributed by atoms with Crippen LogP contribution in [-0.4, -0.2) is 32.6 Å². The molecular formula is C23H19ClN4O. The number of para-hydroxylation sites is 1. The maximum Gasteiger partial charge on any atom is 0.272 e. The SMILES string of the molecule is CN(Cc1ccncc1)C(=O)c1cc(-c2ccc(Cl)cc2)nn1-c1ccccc1. The van der Waals surface area contributed by atoms with Gasteiger partial charge in [-0.05, 0) is 48.0 Å². The fourth-order valence-electron chi connectivity index (χ4n) is 3.09. The summed E-state index contributed by atoms with van der Waals surface area (Å²) in [5.74, 6) is -0.113. The Balaban J connectivity index is 1.72. The van der Waals surface area contributed by atoms with Crippen LogP contribution in [0.4, 0.5) is 0 Å². The topological polar surface area (TPSA) is 51.0 Å². The molecule has 0 radical (unpaired) electrons. The van der Waals surface area contributed by atoms with Crippen molar-refractivity contribution in [3.8, 4) is 16.9 Å². The second kappa shape index (κ2) is 8.29. The highest BCUT2D eigenvalue weighted by Crippen LogP contribution is 2.24. The molecule has 0 aliphatic heterocycles. The average Bonchev–Trinajstić information content (AvgIpc) is 3.20. The van der Waals surface area contributed by atoms with Crippen LogP contribution in [0.1, 0.15) is 16.1 Å². The van der Waals surface area contributed by atoms with Gasteiger partial charge < -0.3 is 4.90 Å². The first-order valence-corrected chi connectivity index (χ1v) is 9.55. The molecule has 4 aromatic rings. The lowest BCUT2D eigenvalue weighted by molar-refractivity contribution is 0.0776. The quantitative estimate of drug-likeness (QED) is 0.479. The third-order valence-corrected chi connectivity index (χ3v) is 4.84. The molecule has 0 aliphatic carbocycles. The Bertz CT molecular complexity index is 1110. The molecule has 0 spiro atoms. The lowest BCUT2D eigenvalue weighted by Gasteiger charge is -2.17. The van der Waals surface area contributed by atoms with Crippen LogP contribution in [0.25, 0.3) is 16.9 Å². The fraction of sp³-hybridized carbons (Fsp3) is 0.0870. The first-order valence-electron chi connectivity index (χ1n) is 9.17. The highest BCUT2D eigenvalue weighted by atomic mass is 35.5. The molecule has 0 saturated carbocycles. The second-order valence-electron chi connectivity index (χ2n) is 6.69. The average molecular weight is 403 g/mol. The molecule has 2 heterocycles. The van der Waals surface area contributed by atoms with E-state index in [9.17, 15) is 4.79 Å². The summed E-state index contributed by atoms with van der Waals surface area (Å²) < 4.78 is 1.69. The summed E-state index contributed by atoms with van der Waals surface area (Å²) >= 11 is 6.01. The molecule has 29 heavy (non-hydrogen) atoms. The van der Waals surface area contributed by atoms with Gasteiger partial charge in [0.1, 0.15) is 5.69 Å². The van der Waals surface area contributed by atoms with Gasteiger partial charge in [-0.3, -0.25) is 9.78 Å². The van der Waals surface area contributed by atoms with Crippen molar-refractivity contribution in [1.82, 2.24) is 19.7 Å². The van der Waals surface area contributed by atoms with Crippen LogP contribution in [0.5, 0.6) is 0 Å². The first-order chi connectivity index (χ1) is 14.1. The standard InChI is InChI=1S/C23H19ClN4O/c1-27(16-17-11-13-25-14-12-17)23(29)22-15-21(18-7-9-19(24)10-8-18)26-28(22)20-5-3-2-4-6-20/h2-15H,16H2,1H3. The molecule has 0 bridgehead atoms. The van der Waals surface area contributed by atoms with E-state index in [0.29, 0.717) is 23.0 Å². The van der Waals surface area contributed by atoms with Crippen LogP contribution >= 0.6 is 11.6 Å². The van der Waals surface area contributed by atoms with E-state index in [1.165, 1.54) is 0 Å². The molecule has 0 unspecified atom stereocenters. The Labute approximate surface area is 174 Å². The van der Waals surface area contributed by atoms with Gasteiger partial charge in [0.25, 0.3) is 5.91 Å². The number of pyridine rings is 1. The number of aromatic nitrogens is 3. The zero-order valence-corrected chi connectivity index (χ0v) is 16.6. The summed E-state index contributed by atoms with van der Waals surface area (Å²) in [5, 5.41) is 5.36. The predicted molar refractivity (Wildman–Crippen MR) is 114 cm³/mol. The first kappa shape index (κ1) is 18.9. The van der Waals surface area contributed by atoms with Gasteiger partial charge in [0.05, 0.1) is 11.4 Å². The van der Waals surface area contributed by atoms with E-state index < -0.39 is 0 Å². The molecule has 1 amide bonds. The lowest BCUT2D eigenvalue weighted by Crippen LogP contribution is -2.28. The number of amides is 1. The van der Waals surface area contributed by atoms with Crippen LogP contribution < -0.4 is 0 Å². The van der Waals surface area contributed by atoms with Crippen molar-refractivity contribution in [2.24, 2.45) is 0 Å². The maximum atomic E-state index is 13.3. The molecule has 2 aromatic carbocycles. The Morgan fingerprint density at radius 2 is 1.69 bits per heavy atom. The van der Waals surface area contributed by atoms with Gasteiger partial charge in [-0.15, -0.1) is 0 Å². The number of nitrogens with zero attached hydrogens (tertiary/aromatic N) is 4. The Hall–Kier alpha value is -3.44. The van der Waals surface area contributed by atoms with Crippen LogP contribution in [0.2, 0.25) is 5.02 Å². The third-order valence-electron chi connectivity index (χ3n) is 4.59. The number of benzene rings is 2. The maximum absolute atomic E-state index is 13.3. The smallest absolute Gasteiger partial charge is 0.272 e. The minimum Gasteiger partial charge on any atom is -0.336 e. The minimum absolute atomic E-state index is 0.113. The zero-order chi connectivity index (χ0) is 20.2. The number of carbonyl (C=O) groups is 1. The van der Waals surface area contributed by atoms with E-state index >= 15 is 0 Å². The normalized spacial score (nSPS) is 10.7. The van der Waals surface area contributed by atoms with Gasteiger partial charge in [-0.25, -0.2) is 4.68 Å². The van der Waals surface area contributed by atoms with Crippen molar-refractivity contribution in [3.05, 3.63) is 101 Å². The van der Waals surface area contributed by atoms with Gasteiger partial charge in [0.15, 0.2) is 0 Å². The van der Waals surface area contributed by atoms with Crippen LogP contribution in [-0.2, 0) is 6.54 Å². The van der Waals surface area contributed by atoms with Gasteiger partial charge in [-0.2, -0.15) is 5.10 Å². The molecule has 0 N–H and O–H groups in total. The highest BCUT2D eigenvalue weighted by molar-refractivity contribution is 6.30. The van der Waals surface area contributed by atoms with Crippen LogP contribution in [0.3, 0.4) is 0 Å². The monoisotopic (exact) mass is 402 g/mol. The number of carbonyl (C=O) groups excluding carboxylic acids is 1. The molecule has 4 rings (SSSR count). The van der Waals surface area contributed by atoms with E-state index in [2.05, 4.69) is 4.98 Å². The number of halogens is 1. The van der Waals surface area contributed by atoms with E-state index in [0.717, 1.165) is 16.8 Å². The predicted octanol–water partition coefficient (Wildman–Crippen LogP) is 4.86. The molecule has 0 atom stereocenters. The third kappa shape index (κ3) is 4.20. The summed E-state index contributed by atoms with van der Waals surface area (Å²) in [6.07, 6.45) is 3.45. The van der Waals surface area contributed by atoms with E-state index in [1.54, 1.807) is 29.0 Å². The van der Waals surface area contributed by atoms with Gasteiger partial charge in [0.2, 0.25) is 0 Å². The largest absolute Gasteiger partial charge is 0.336 e. The van der Waals surface area contributed by atoms with E-state index in [1.807, 2.05) is 72.8 Å². The summed E-state index contributed by atoms with van der Waals surface area (Å²) in [4.78, 5) is 19.0. The van der Waals surface area contributed by atoms with Gasteiger partial charge >= 0.3 is 0 Å². The molecule has 0 aliphatic rings. The summed E-state index contributed by atoms with van der Waals surface area (Å²) in [6, 6.07) is 22.7. The van der Waals surface area contributed by atoms with Crippen molar-refractivity contribution < 1.29 is 4.79 Å². The minimum atomic E-state index is -0.113. The van der Waals surface area contributed by atoms with Gasteiger partial charge in [0, 0.05) is 36.6 Å². The van der Waals surface area contributed by atoms with E-state index in [4.69, 9.17) is 16.7 Å². The van der Waals surface area contributed by atoms with Gasteiger partial charge in [-0.1, -0.05) is 41.9 Å². The molecule has 144 valence electrons. The Kier molecular flexibility index (Phi) is 5.40. The summed E-state index contributed by atoms with van der Waals surface area (Å²) in [7, 11) is 1.78. The van der Waals surface area contributed by atoms with Crippen molar-refractivity contribution in [2.75, 3.05) is 7.05 Å². The number of rotatable bonds is 5. The van der Waals surface area contributed by atoms with Crippen molar-refractivity contribution in [2.45, 2.75) is 6.54 Å². The number of hydrogen-bond acceptors (Lipinski definition) is 3. The summed E-state index contributed by atoms with van der Waals surface area (Å²) in [6.45, 7) is 0.484.